The molecule has 0 aliphatic rings. The monoisotopic (exact) mass is 298 g/mol. The van der Waals surface area contributed by atoms with E-state index in [0.717, 1.165) is 22.0 Å². The maximum atomic E-state index is 12.4. The zero-order valence-corrected chi connectivity index (χ0v) is 12.6. The molecule has 0 atom stereocenters. The number of hydrogen-bond donors (Lipinski definition) is 1. The Balaban J connectivity index is 2.56. The van der Waals surface area contributed by atoms with Crippen LogP contribution in [0.5, 0.6) is 0 Å². The number of nitrogens with zero attached hydrogens (tertiary/aromatic N) is 1. The molecule has 0 saturated carbocycles. The van der Waals surface area contributed by atoms with E-state index < -0.39 is 0 Å². The van der Waals surface area contributed by atoms with Crippen molar-refractivity contribution in [1.82, 2.24) is 4.57 Å². The first-order valence-electron chi connectivity index (χ1n) is 6.64. The van der Waals surface area contributed by atoms with Gasteiger partial charge in [0.25, 0.3) is 5.56 Å². The Kier molecular flexibility index (Phi) is 3.22. The van der Waals surface area contributed by atoms with E-state index >= 15 is 0 Å². The van der Waals surface area contributed by atoms with E-state index in [4.69, 9.17) is 17.3 Å². The largest absolute Gasteiger partial charge is 0.394 e. The summed E-state index contributed by atoms with van der Waals surface area (Å²) in [6, 6.07) is 13.4. The molecule has 3 nitrogen and oxygen atoms in total. The number of nitrogen functional groups attached to an aromatic ring is 1. The maximum Gasteiger partial charge on any atom is 0.274 e. The quantitative estimate of drug-likeness (QED) is 0.744. The number of fused-ring (bicyclic) bond motifs is 1. The van der Waals surface area contributed by atoms with Gasteiger partial charge < -0.3 is 10.3 Å². The summed E-state index contributed by atoms with van der Waals surface area (Å²) in [7, 11) is 1.73. The van der Waals surface area contributed by atoms with Gasteiger partial charge in [0, 0.05) is 28.6 Å². The number of halogens is 1. The van der Waals surface area contributed by atoms with Crippen molar-refractivity contribution < 1.29 is 0 Å². The van der Waals surface area contributed by atoms with Gasteiger partial charge in [0.05, 0.1) is 5.52 Å². The first kappa shape index (κ1) is 13.7. The number of hydrogen-bond acceptors (Lipinski definition) is 2. The molecule has 1 heterocycles. The number of aromatic nitrogens is 1. The van der Waals surface area contributed by atoms with Gasteiger partial charge in [-0.05, 0) is 25.1 Å². The number of nitrogens with two attached hydrogens (primary N) is 1. The molecule has 2 N–H and O–H groups in total. The number of aryl methyl sites for hydroxylation is 2. The van der Waals surface area contributed by atoms with E-state index in [1.165, 1.54) is 0 Å². The Hall–Kier alpha value is -2.26. The Morgan fingerprint density at radius 3 is 2.57 bits per heavy atom. The molecule has 3 aromatic rings. The number of benzene rings is 2. The molecule has 0 spiro atoms. The van der Waals surface area contributed by atoms with Crippen molar-refractivity contribution >= 4 is 28.2 Å². The van der Waals surface area contributed by atoms with Crippen LogP contribution in [-0.4, -0.2) is 4.57 Å². The van der Waals surface area contributed by atoms with Gasteiger partial charge in [-0.15, -0.1) is 0 Å². The highest BCUT2D eigenvalue weighted by Gasteiger charge is 2.16. The van der Waals surface area contributed by atoms with Gasteiger partial charge in [0.1, 0.15) is 5.69 Å². The van der Waals surface area contributed by atoms with E-state index in [1.54, 1.807) is 17.7 Å². The van der Waals surface area contributed by atoms with Gasteiger partial charge in [-0.25, -0.2) is 0 Å². The number of rotatable bonds is 1. The summed E-state index contributed by atoms with van der Waals surface area (Å²) >= 11 is 6.30. The molecule has 0 unspecified atom stereocenters. The van der Waals surface area contributed by atoms with Crippen LogP contribution in [0.3, 0.4) is 0 Å². The van der Waals surface area contributed by atoms with Gasteiger partial charge in [-0.1, -0.05) is 41.4 Å². The second-order valence-corrected chi connectivity index (χ2v) is 5.56. The smallest absolute Gasteiger partial charge is 0.274 e. The van der Waals surface area contributed by atoms with Crippen molar-refractivity contribution in [3.63, 3.8) is 0 Å². The van der Waals surface area contributed by atoms with Crippen LogP contribution in [-0.2, 0) is 7.05 Å². The zero-order valence-electron chi connectivity index (χ0n) is 11.9. The molecule has 3 rings (SSSR count). The maximum absolute atomic E-state index is 12.4. The van der Waals surface area contributed by atoms with Crippen molar-refractivity contribution in [2.45, 2.75) is 6.92 Å². The number of pyridine rings is 1. The van der Waals surface area contributed by atoms with Gasteiger partial charge in [0.15, 0.2) is 0 Å². The molecule has 0 saturated heterocycles. The summed E-state index contributed by atoms with van der Waals surface area (Å²) in [5.41, 5.74) is 9.57. The fourth-order valence-electron chi connectivity index (χ4n) is 2.64. The van der Waals surface area contributed by atoms with Crippen molar-refractivity contribution in [1.29, 1.82) is 0 Å². The highest BCUT2D eigenvalue weighted by atomic mass is 35.5. The van der Waals surface area contributed by atoms with Crippen molar-refractivity contribution in [2.24, 2.45) is 7.05 Å². The van der Waals surface area contributed by atoms with Crippen LogP contribution in [0, 0.1) is 6.92 Å². The molecule has 2 aromatic carbocycles. The molecule has 1 aromatic heterocycles. The van der Waals surface area contributed by atoms with E-state index in [0.29, 0.717) is 10.6 Å². The zero-order chi connectivity index (χ0) is 15.1. The van der Waals surface area contributed by atoms with Gasteiger partial charge >= 0.3 is 0 Å². The lowest BCUT2D eigenvalue weighted by Crippen LogP contribution is -2.21. The summed E-state index contributed by atoms with van der Waals surface area (Å²) in [5, 5.41) is 1.52. The molecule has 0 aliphatic heterocycles. The Bertz CT molecular complexity index is 913. The Labute approximate surface area is 127 Å². The normalized spacial score (nSPS) is 11.0. The van der Waals surface area contributed by atoms with E-state index in [1.807, 2.05) is 43.3 Å². The average Bonchev–Trinajstić information content (AvgIpc) is 2.47. The topological polar surface area (TPSA) is 48.0 Å². The summed E-state index contributed by atoms with van der Waals surface area (Å²) in [4.78, 5) is 12.4. The molecule has 0 aliphatic carbocycles. The lowest BCUT2D eigenvalue weighted by molar-refractivity contribution is 0.910. The molecule has 4 heteroatoms. The molecule has 0 radical (unpaired) electrons. The lowest BCUT2D eigenvalue weighted by atomic mass is 9.98. The molecule has 21 heavy (non-hydrogen) atoms. The Morgan fingerprint density at radius 1 is 1.14 bits per heavy atom. The fourth-order valence-corrected chi connectivity index (χ4v) is 2.87. The third-order valence-corrected chi connectivity index (χ3v) is 4.06. The summed E-state index contributed by atoms with van der Waals surface area (Å²) in [5.74, 6) is 0. The highest BCUT2D eigenvalue weighted by molar-refractivity contribution is 6.34. The van der Waals surface area contributed by atoms with Crippen LogP contribution in [0.15, 0.2) is 47.3 Å². The van der Waals surface area contributed by atoms with Crippen LogP contribution in [0.4, 0.5) is 5.69 Å². The summed E-state index contributed by atoms with van der Waals surface area (Å²) in [6.07, 6.45) is 0. The average molecular weight is 299 g/mol. The second-order valence-electron chi connectivity index (χ2n) is 5.15. The molecule has 0 fully saturated rings. The standard InChI is InChI=1S/C17H15ClN2O/c1-10-7-8-14-12(9-10)15(16(19)17(21)20(14)2)11-5-3-4-6-13(11)18/h3-9H,19H2,1-2H3. The van der Waals surface area contributed by atoms with Gasteiger partial charge in [-0.2, -0.15) is 0 Å². The molecule has 0 bridgehead atoms. The van der Waals surface area contributed by atoms with E-state index in [2.05, 4.69) is 0 Å². The minimum Gasteiger partial charge on any atom is -0.394 e. The van der Waals surface area contributed by atoms with Crippen molar-refractivity contribution in [3.05, 3.63) is 63.4 Å². The minimum absolute atomic E-state index is 0.207. The summed E-state index contributed by atoms with van der Waals surface area (Å²) in [6.45, 7) is 2.01. The van der Waals surface area contributed by atoms with Gasteiger partial charge in [-0.3, -0.25) is 4.79 Å². The lowest BCUT2D eigenvalue weighted by Gasteiger charge is -2.15. The SMILES string of the molecule is Cc1ccc2c(c1)c(-c1ccccc1Cl)c(N)c(=O)n2C. The molecule has 0 amide bonds. The first-order chi connectivity index (χ1) is 10.0. The van der Waals surface area contributed by atoms with Crippen LogP contribution in [0.25, 0.3) is 22.0 Å². The molecular formula is C17H15ClN2O. The minimum atomic E-state index is -0.207. The van der Waals surface area contributed by atoms with Crippen LogP contribution in [0.2, 0.25) is 5.02 Å². The second kappa shape index (κ2) is 4.93. The van der Waals surface area contributed by atoms with E-state index in [-0.39, 0.29) is 11.2 Å². The highest BCUT2D eigenvalue weighted by Crippen LogP contribution is 2.36. The first-order valence-corrected chi connectivity index (χ1v) is 7.02. The van der Waals surface area contributed by atoms with Crippen LogP contribution < -0.4 is 11.3 Å². The van der Waals surface area contributed by atoms with Gasteiger partial charge in [0.2, 0.25) is 0 Å². The fraction of sp³-hybridized carbons (Fsp3) is 0.118. The van der Waals surface area contributed by atoms with Crippen molar-refractivity contribution in [3.8, 4) is 11.1 Å². The van der Waals surface area contributed by atoms with Crippen LogP contribution in [0.1, 0.15) is 5.56 Å². The number of anilines is 1. The predicted octanol–water partition coefficient (Wildman–Crippen LogP) is 3.75. The summed E-state index contributed by atoms with van der Waals surface area (Å²) < 4.78 is 1.57. The molecular weight excluding hydrogens is 284 g/mol. The van der Waals surface area contributed by atoms with Crippen LogP contribution >= 0.6 is 11.6 Å². The third kappa shape index (κ3) is 2.10. The molecule has 106 valence electrons. The third-order valence-electron chi connectivity index (χ3n) is 3.73. The predicted molar refractivity (Wildman–Crippen MR) is 88.8 cm³/mol. The van der Waals surface area contributed by atoms with E-state index in [9.17, 15) is 4.79 Å². The van der Waals surface area contributed by atoms with Crippen molar-refractivity contribution in [2.75, 3.05) is 5.73 Å². The Morgan fingerprint density at radius 2 is 1.86 bits per heavy atom.